The van der Waals surface area contributed by atoms with E-state index in [-0.39, 0.29) is 12.4 Å². The van der Waals surface area contributed by atoms with Crippen molar-refractivity contribution in [1.82, 2.24) is 0 Å². The Labute approximate surface area is 175 Å². The van der Waals surface area contributed by atoms with Crippen LogP contribution in [0.3, 0.4) is 0 Å². The van der Waals surface area contributed by atoms with Crippen molar-refractivity contribution in [2.75, 3.05) is 13.2 Å². The van der Waals surface area contributed by atoms with Crippen molar-refractivity contribution in [2.24, 2.45) is 0 Å². The number of hydrogen-bond acceptors (Lipinski definition) is 4. The number of phenolic OH excluding ortho intramolecular Hbond substituents is 1. The van der Waals surface area contributed by atoms with Crippen LogP contribution in [0.5, 0.6) is 11.5 Å². The van der Waals surface area contributed by atoms with Crippen LogP contribution in [0, 0.1) is 0 Å². The molecule has 0 bridgehead atoms. The Balaban J connectivity index is 2.46. The van der Waals surface area contributed by atoms with E-state index in [9.17, 15) is 9.90 Å². The fourth-order valence-electron chi connectivity index (χ4n) is 2.63. The van der Waals surface area contributed by atoms with Crippen LogP contribution in [-0.4, -0.2) is 24.3 Å². The van der Waals surface area contributed by atoms with E-state index in [1.807, 2.05) is 13.0 Å². The van der Waals surface area contributed by atoms with E-state index in [4.69, 9.17) is 9.47 Å². The van der Waals surface area contributed by atoms with Crippen LogP contribution >= 0.6 is 0 Å². The number of ether oxygens (including phenoxy) is 2. The van der Waals surface area contributed by atoms with Crippen molar-refractivity contribution in [3.63, 3.8) is 0 Å². The molecule has 1 aromatic rings. The van der Waals surface area contributed by atoms with E-state index in [0.29, 0.717) is 12.4 Å². The third-order valence-electron chi connectivity index (χ3n) is 4.40. The van der Waals surface area contributed by atoms with Crippen LogP contribution in [0.2, 0.25) is 0 Å². The third kappa shape index (κ3) is 11.8. The molecular formula is C25H36O4. The number of aromatic hydroxyl groups is 1. The molecule has 0 saturated carbocycles. The van der Waals surface area contributed by atoms with Crippen LogP contribution in [0.4, 0.5) is 0 Å². The number of phenols is 1. The summed E-state index contributed by atoms with van der Waals surface area (Å²) in [7, 11) is 0. The zero-order valence-corrected chi connectivity index (χ0v) is 18.4. The molecule has 0 aliphatic rings. The van der Waals surface area contributed by atoms with E-state index in [0.717, 1.165) is 31.2 Å². The van der Waals surface area contributed by atoms with Crippen LogP contribution in [0.1, 0.15) is 71.8 Å². The highest BCUT2D eigenvalue weighted by Gasteiger charge is 2.04. The monoisotopic (exact) mass is 400 g/mol. The molecule has 0 aliphatic heterocycles. The lowest BCUT2D eigenvalue weighted by Gasteiger charge is -2.08. The van der Waals surface area contributed by atoms with Gasteiger partial charge in [0.05, 0.1) is 6.61 Å². The first-order valence-electron chi connectivity index (χ1n) is 10.5. The molecule has 0 heterocycles. The van der Waals surface area contributed by atoms with Crippen molar-refractivity contribution < 1.29 is 19.4 Å². The largest absolute Gasteiger partial charge is 0.504 e. The second-order valence-corrected chi connectivity index (χ2v) is 7.47. The summed E-state index contributed by atoms with van der Waals surface area (Å²) in [4.78, 5) is 11.9. The third-order valence-corrected chi connectivity index (χ3v) is 4.40. The van der Waals surface area contributed by atoms with E-state index in [2.05, 4.69) is 26.8 Å². The predicted octanol–water partition coefficient (Wildman–Crippen LogP) is 6.60. The van der Waals surface area contributed by atoms with Crippen molar-refractivity contribution in [2.45, 2.75) is 66.2 Å². The molecule has 1 N–H and O–H groups in total. The Morgan fingerprint density at radius 2 is 1.90 bits per heavy atom. The molecule has 160 valence electrons. The highest BCUT2D eigenvalue weighted by atomic mass is 16.5. The van der Waals surface area contributed by atoms with Gasteiger partial charge in [0.15, 0.2) is 11.5 Å². The molecular weight excluding hydrogens is 364 g/mol. The first kappa shape index (κ1) is 24.5. The summed E-state index contributed by atoms with van der Waals surface area (Å²) in [5.41, 5.74) is 3.30. The van der Waals surface area contributed by atoms with E-state index < -0.39 is 5.97 Å². The standard InChI is InChI=1S/C25H36O4/c1-5-6-7-8-17-28-24-19-22(12-14-23(24)26)13-15-25(27)29-18-16-21(4)11-9-10-20(2)3/h10,12-16,19,26H,5-9,11,17-18H2,1-4H3. The van der Waals surface area contributed by atoms with Crippen molar-refractivity contribution in [3.8, 4) is 11.5 Å². The van der Waals surface area contributed by atoms with Crippen LogP contribution in [0.25, 0.3) is 6.08 Å². The van der Waals surface area contributed by atoms with Gasteiger partial charge in [0, 0.05) is 6.08 Å². The smallest absolute Gasteiger partial charge is 0.331 e. The Morgan fingerprint density at radius 3 is 2.62 bits per heavy atom. The van der Waals surface area contributed by atoms with Crippen molar-refractivity contribution >= 4 is 12.0 Å². The molecule has 0 aliphatic carbocycles. The minimum Gasteiger partial charge on any atom is -0.504 e. The summed E-state index contributed by atoms with van der Waals surface area (Å²) in [6, 6.07) is 5.04. The lowest BCUT2D eigenvalue weighted by Crippen LogP contribution is -2.01. The SMILES string of the molecule is CCCCCCOc1cc(C=CC(=O)OCC=C(C)CCC=C(C)C)ccc1O. The van der Waals surface area contributed by atoms with Gasteiger partial charge >= 0.3 is 5.97 Å². The Hall–Kier alpha value is -2.49. The second kappa shape index (κ2) is 14.5. The molecule has 0 spiro atoms. The zero-order valence-electron chi connectivity index (χ0n) is 18.4. The Morgan fingerprint density at radius 1 is 1.10 bits per heavy atom. The van der Waals surface area contributed by atoms with Gasteiger partial charge in [0.25, 0.3) is 0 Å². The minimum absolute atomic E-state index is 0.106. The van der Waals surface area contributed by atoms with Crippen molar-refractivity contribution in [3.05, 3.63) is 53.1 Å². The summed E-state index contributed by atoms with van der Waals surface area (Å²) in [5.74, 6) is 0.148. The second-order valence-electron chi connectivity index (χ2n) is 7.47. The molecule has 0 fully saturated rings. The summed E-state index contributed by atoms with van der Waals surface area (Å²) in [5, 5.41) is 9.92. The van der Waals surface area contributed by atoms with Crippen molar-refractivity contribution in [1.29, 1.82) is 0 Å². The molecule has 0 unspecified atom stereocenters. The molecule has 0 atom stereocenters. The van der Waals surface area contributed by atoms with Gasteiger partial charge in [0.1, 0.15) is 6.61 Å². The van der Waals surface area contributed by atoms with Gasteiger partial charge in [-0.1, -0.05) is 49.5 Å². The molecule has 0 amide bonds. The molecule has 4 nitrogen and oxygen atoms in total. The number of allylic oxidation sites excluding steroid dienone is 3. The van der Waals surface area contributed by atoms with E-state index in [1.165, 1.54) is 30.1 Å². The van der Waals surface area contributed by atoms with Crippen LogP contribution in [-0.2, 0) is 9.53 Å². The lowest BCUT2D eigenvalue weighted by atomic mass is 10.1. The predicted molar refractivity (Wildman–Crippen MR) is 120 cm³/mol. The molecule has 29 heavy (non-hydrogen) atoms. The van der Waals surface area contributed by atoms with Gasteiger partial charge in [-0.3, -0.25) is 0 Å². The number of benzene rings is 1. The molecule has 0 saturated heterocycles. The molecule has 4 heteroatoms. The number of hydrogen-bond donors (Lipinski definition) is 1. The average molecular weight is 401 g/mol. The Kier molecular flexibility index (Phi) is 12.3. The van der Waals surface area contributed by atoms with E-state index in [1.54, 1.807) is 24.3 Å². The minimum atomic E-state index is -0.395. The van der Waals surface area contributed by atoms with Crippen LogP contribution < -0.4 is 4.74 Å². The Bertz CT molecular complexity index is 710. The normalized spacial score (nSPS) is 11.5. The first-order chi connectivity index (χ1) is 13.9. The van der Waals surface area contributed by atoms with E-state index >= 15 is 0 Å². The number of carbonyl (C=O) groups is 1. The van der Waals surface area contributed by atoms with Gasteiger partial charge in [-0.05, 0) is 69.9 Å². The van der Waals surface area contributed by atoms with Gasteiger partial charge < -0.3 is 14.6 Å². The average Bonchev–Trinajstić information content (AvgIpc) is 2.67. The maximum absolute atomic E-state index is 11.9. The zero-order chi connectivity index (χ0) is 21.5. The van der Waals surface area contributed by atoms with Gasteiger partial charge in [-0.15, -0.1) is 0 Å². The van der Waals surface area contributed by atoms with Crippen LogP contribution in [0.15, 0.2) is 47.6 Å². The molecule has 0 aromatic heterocycles. The molecule has 0 radical (unpaired) electrons. The maximum atomic E-state index is 11.9. The van der Waals surface area contributed by atoms with Gasteiger partial charge in [0.2, 0.25) is 0 Å². The number of rotatable bonds is 13. The lowest BCUT2D eigenvalue weighted by molar-refractivity contribution is -0.136. The molecule has 1 aromatic carbocycles. The summed E-state index contributed by atoms with van der Waals surface area (Å²) < 4.78 is 10.9. The first-order valence-corrected chi connectivity index (χ1v) is 10.5. The fourth-order valence-corrected chi connectivity index (χ4v) is 2.63. The maximum Gasteiger partial charge on any atom is 0.331 e. The highest BCUT2D eigenvalue weighted by molar-refractivity contribution is 5.87. The summed E-state index contributed by atoms with van der Waals surface area (Å²) in [6.07, 6.45) is 13.6. The highest BCUT2D eigenvalue weighted by Crippen LogP contribution is 2.27. The van der Waals surface area contributed by atoms with Gasteiger partial charge in [-0.2, -0.15) is 0 Å². The summed E-state index contributed by atoms with van der Waals surface area (Å²) >= 11 is 0. The molecule has 1 rings (SSSR count). The van der Waals surface area contributed by atoms with Gasteiger partial charge in [-0.25, -0.2) is 4.79 Å². The number of esters is 1. The summed E-state index contributed by atoms with van der Waals surface area (Å²) in [6.45, 7) is 9.22. The topological polar surface area (TPSA) is 55.8 Å². The quantitative estimate of drug-likeness (QED) is 0.175. The number of unbranched alkanes of at least 4 members (excludes halogenated alkanes) is 3. The fraction of sp³-hybridized carbons (Fsp3) is 0.480. The number of carbonyl (C=O) groups excluding carboxylic acids is 1.